The molecule has 0 aromatic heterocycles. The SMILES string of the molecule is CCCCN1C(=O)C(=O)/C(=C(\O)c2ccc3c(c2)CCCC3)C1c1ccccc1. The lowest BCUT2D eigenvalue weighted by atomic mass is 9.88. The summed E-state index contributed by atoms with van der Waals surface area (Å²) in [5, 5.41) is 11.2. The molecule has 1 heterocycles. The molecule has 2 aromatic rings. The van der Waals surface area contributed by atoms with Gasteiger partial charge in [0.1, 0.15) is 5.76 Å². The van der Waals surface area contributed by atoms with Crippen LogP contribution in [0.2, 0.25) is 0 Å². The number of likely N-dealkylation sites (tertiary alicyclic amines) is 1. The summed E-state index contributed by atoms with van der Waals surface area (Å²) in [6, 6.07) is 14.9. The van der Waals surface area contributed by atoms with Crippen molar-refractivity contribution in [3.8, 4) is 0 Å². The summed E-state index contributed by atoms with van der Waals surface area (Å²) in [4.78, 5) is 27.4. The number of amides is 1. The predicted octanol–water partition coefficient (Wildman–Crippen LogP) is 4.79. The van der Waals surface area contributed by atoms with Crippen LogP contribution in [0, 0.1) is 0 Å². The van der Waals surface area contributed by atoms with E-state index in [2.05, 4.69) is 6.92 Å². The Labute approximate surface area is 171 Å². The van der Waals surface area contributed by atoms with E-state index in [1.165, 1.54) is 17.5 Å². The Kier molecular flexibility index (Phi) is 5.52. The highest BCUT2D eigenvalue weighted by atomic mass is 16.3. The first-order chi connectivity index (χ1) is 14.1. The van der Waals surface area contributed by atoms with Gasteiger partial charge in [-0.1, -0.05) is 55.8 Å². The standard InChI is InChI=1S/C25H27NO3/c1-2-3-15-26-22(18-10-5-4-6-11-18)21(24(28)25(26)29)23(27)20-14-13-17-9-7-8-12-19(17)16-20/h4-6,10-11,13-14,16,22,27H,2-3,7-9,12,15H2,1H3/b23-21-. The van der Waals surface area contributed by atoms with Gasteiger partial charge in [0.05, 0.1) is 11.6 Å². The molecule has 29 heavy (non-hydrogen) atoms. The third-order valence-corrected chi connectivity index (χ3v) is 6.03. The molecule has 1 N–H and O–H groups in total. The van der Waals surface area contributed by atoms with Gasteiger partial charge in [0.25, 0.3) is 11.7 Å². The van der Waals surface area contributed by atoms with Crippen LogP contribution in [0.25, 0.3) is 5.76 Å². The van der Waals surface area contributed by atoms with Gasteiger partial charge in [-0.3, -0.25) is 9.59 Å². The molecular formula is C25H27NO3. The molecule has 0 bridgehead atoms. The zero-order valence-corrected chi connectivity index (χ0v) is 16.9. The molecule has 0 saturated carbocycles. The summed E-state index contributed by atoms with van der Waals surface area (Å²) < 4.78 is 0. The molecule has 1 unspecified atom stereocenters. The van der Waals surface area contributed by atoms with Crippen LogP contribution < -0.4 is 0 Å². The number of ketones is 1. The van der Waals surface area contributed by atoms with Crippen LogP contribution in [0.4, 0.5) is 0 Å². The summed E-state index contributed by atoms with van der Waals surface area (Å²) in [5.74, 6) is -1.18. The third-order valence-electron chi connectivity index (χ3n) is 6.03. The maximum absolute atomic E-state index is 13.0. The van der Waals surface area contributed by atoms with Crippen molar-refractivity contribution in [1.82, 2.24) is 4.90 Å². The van der Waals surface area contributed by atoms with E-state index in [-0.39, 0.29) is 11.3 Å². The number of nitrogens with zero attached hydrogens (tertiary/aromatic N) is 1. The molecule has 4 heteroatoms. The minimum atomic E-state index is -0.592. The van der Waals surface area contributed by atoms with E-state index in [0.717, 1.165) is 37.7 Å². The predicted molar refractivity (Wildman–Crippen MR) is 113 cm³/mol. The lowest BCUT2D eigenvalue weighted by Gasteiger charge is -2.25. The Bertz CT molecular complexity index is 961. The molecule has 1 atom stereocenters. The van der Waals surface area contributed by atoms with Crippen molar-refractivity contribution in [3.05, 3.63) is 76.4 Å². The maximum atomic E-state index is 13.0. The molecule has 0 spiro atoms. The third kappa shape index (κ3) is 3.59. The first kappa shape index (κ1) is 19.4. The largest absolute Gasteiger partial charge is 0.507 e. The minimum absolute atomic E-state index is 0.0652. The Morgan fingerprint density at radius 1 is 1.03 bits per heavy atom. The fourth-order valence-corrected chi connectivity index (χ4v) is 4.46. The smallest absolute Gasteiger partial charge is 0.295 e. The number of carbonyl (C=O) groups excluding carboxylic acids is 2. The molecule has 1 aliphatic carbocycles. The topological polar surface area (TPSA) is 57.6 Å². The van der Waals surface area contributed by atoms with Crippen molar-refractivity contribution in [2.45, 2.75) is 51.5 Å². The fraction of sp³-hybridized carbons (Fsp3) is 0.360. The summed E-state index contributed by atoms with van der Waals surface area (Å²) in [6.07, 6.45) is 6.12. The average Bonchev–Trinajstić information content (AvgIpc) is 3.02. The molecule has 1 aliphatic heterocycles. The number of aryl methyl sites for hydroxylation is 2. The molecule has 2 aliphatic rings. The summed E-state index contributed by atoms with van der Waals surface area (Å²) in [6.45, 7) is 2.56. The first-order valence-corrected chi connectivity index (χ1v) is 10.6. The maximum Gasteiger partial charge on any atom is 0.295 e. The van der Waals surface area contributed by atoms with Gasteiger partial charge >= 0.3 is 0 Å². The van der Waals surface area contributed by atoms with Gasteiger partial charge in [0.2, 0.25) is 0 Å². The summed E-state index contributed by atoms with van der Waals surface area (Å²) in [5.41, 5.74) is 4.23. The van der Waals surface area contributed by atoms with Crippen LogP contribution in [0.1, 0.15) is 60.9 Å². The van der Waals surface area contributed by atoms with Crippen molar-refractivity contribution in [3.63, 3.8) is 0 Å². The van der Waals surface area contributed by atoms with E-state index in [1.54, 1.807) is 4.90 Å². The van der Waals surface area contributed by atoms with Crippen LogP contribution in [0.5, 0.6) is 0 Å². The van der Waals surface area contributed by atoms with E-state index in [0.29, 0.717) is 12.1 Å². The molecule has 0 radical (unpaired) electrons. The van der Waals surface area contributed by atoms with Crippen molar-refractivity contribution < 1.29 is 14.7 Å². The van der Waals surface area contributed by atoms with Gasteiger partial charge in [-0.25, -0.2) is 0 Å². The zero-order valence-electron chi connectivity index (χ0n) is 16.9. The molecule has 150 valence electrons. The van der Waals surface area contributed by atoms with Gasteiger partial charge in [0, 0.05) is 12.1 Å². The van der Waals surface area contributed by atoms with E-state index in [4.69, 9.17) is 0 Å². The number of benzene rings is 2. The van der Waals surface area contributed by atoms with Gasteiger partial charge in [-0.2, -0.15) is 0 Å². The van der Waals surface area contributed by atoms with E-state index >= 15 is 0 Å². The van der Waals surface area contributed by atoms with Gasteiger partial charge in [-0.05, 0) is 54.9 Å². The quantitative estimate of drug-likeness (QED) is 0.454. The van der Waals surface area contributed by atoms with Crippen LogP contribution in [0.3, 0.4) is 0 Å². The zero-order chi connectivity index (χ0) is 20.4. The summed E-state index contributed by atoms with van der Waals surface area (Å²) >= 11 is 0. The number of rotatable bonds is 5. The van der Waals surface area contributed by atoms with E-state index < -0.39 is 17.7 Å². The molecule has 1 saturated heterocycles. The Morgan fingerprint density at radius 3 is 2.48 bits per heavy atom. The number of Topliss-reactive ketones (excluding diaryl/α,β-unsaturated/α-hetero) is 1. The monoisotopic (exact) mass is 389 g/mol. The highest BCUT2D eigenvalue weighted by Crippen LogP contribution is 2.39. The molecule has 1 amide bonds. The highest BCUT2D eigenvalue weighted by Gasteiger charge is 2.45. The van der Waals surface area contributed by atoms with Crippen molar-refractivity contribution in [2.24, 2.45) is 0 Å². The highest BCUT2D eigenvalue weighted by molar-refractivity contribution is 6.46. The molecule has 4 rings (SSSR count). The lowest BCUT2D eigenvalue weighted by molar-refractivity contribution is -0.139. The number of hydrogen-bond donors (Lipinski definition) is 1. The van der Waals surface area contributed by atoms with Gasteiger partial charge < -0.3 is 10.0 Å². The Balaban J connectivity index is 1.82. The van der Waals surface area contributed by atoms with Crippen LogP contribution >= 0.6 is 0 Å². The molecule has 4 nitrogen and oxygen atoms in total. The van der Waals surface area contributed by atoms with E-state index in [1.807, 2.05) is 48.5 Å². The van der Waals surface area contributed by atoms with Crippen LogP contribution in [0.15, 0.2) is 54.1 Å². The number of unbranched alkanes of at least 4 members (excludes halogenated alkanes) is 1. The van der Waals surface area contributed by atoms with Crippen molar-refractivity contribution in [1.29, 1.82) is 0 Å². The van der Waals surface area contributed by atoms with Crippen LogP contribution in [-0.4, -0.2) is 28.2 Å². The lowest BCUT2D eigenvalue weighted by Crippen LogP contribution is -2.30. The van der Waals surface area contributed by atoms with Crippen molar-refractivity contribution in [2.75, 3.05) is 6.54 Å². The van der Waals surface area contributed by atoms with Crippen LogP contribution in [-0.2, 0) is 22.4 Å². The summed E-state index contributed by atoms with van der Waals surface area (Å²) in [7, 11) is 0. The molecule has 2 aromatic carbocycles. The number of aliphatic hydroxyl groups excluding tert-OH is 1. The van der Waals surface area contributed by atoms with Crippen molar-refractivity contribution >= 4 is 17.4 Å². The number of carbonyl (C=O) groups is 2. The van der Waals surface area contributed by atoms with E-state index in [9.17, 15) is 14.7 Å². The Morgan fingerprint density at radius 2 is 1.76 bits per heavy atom. The Hall–Kier alpha value is -2.88. The first-order valence-electron chi connectivity index (χ1n) is 10.6. The second-order valence-electron chi connectivity index (χ2n) is 7.95. The number of hydrogen-bond acceptors (Lipinski definition) is 3. The number of aliphatic hydroxyl groups is 1. The van der Waals surface area contributed by atoms with Gasteiger partial charge in [-0.15, -0.1) is 0 Å². The van der Waals surface area contributed by atoms with Gasteiger partial charge in [0.15, 0.2) is 0 Å². The second kappa shape index (κ2) is 8.24. The average molecular weight is 389 g/mol. The molecular weight excluding hydrogens is 362 g/mol. The minimum Gasteiger partial charge on any atom is -0.507 e. The molecule has 1 fully saturated rings. The number of fused-ring (bicyclic) bond motifs is 1. The fourth-order valence-electron chi connectivity index (χ4n) is 4.46. The second-order valence-corrected chi connectivity index (χ2v) is 7.95. The normalized spacial score (nSPS) is 20.7.